The number of aliphatic imine (C=N–C) groups is 1. The van der Waals surface area contributed by atoms with E-state index in [1.165, 1.54) is 5.56 Å². The van der Waals surface area contributed by atoms with Crippen LogP contribution in [0.25, 0.3) is 0 Å². The average molecular weight is 566 g/mol. The van der Waals surface area contributed by atoms with Crippen LogP contribution in [-0.2, 0) is 4.74 Å². The molecular formula is C25H35IN4O3. The van der Waals surface area contributed by atoms with E-state index in [1.54, 1.807) is 7.05 Å². The van der Waals surface area contributed by atoms with Gasteiger partial charge in [0.1, 0.15) is 0 Å². The fraction of sp³-hybridized carbons (Fsp3) is 0.480. The highest BCUT2D eigenvalue weighted by molar-refractivity contribution is 14.0. The highest BCUT2D eigenvalue weighted by Crippen LogP contribution is 2.32. The number of fused-ring (bicyclic) bond motifs is 1. The van der Waals surface area contributed by atoms with Crippen LogP contribution in [0.1, 0.15) is 37.8 Å². The van der Waals surface area contributed by atoms with E-state index in [0.717, 1.165) is 62.2 Å². The molecule has 33 heavy (non-hydrogen) atoms. The first-order chi connectivity index (χ1) is 15.7. The van der Waals surface area contributed by atoms with Gasteiger partial charge in [-0.25, -0.2) is 0 Å². The van der Waals surface area contributed by atoms with Crippen molar-refractivity contribution in [3.63, 3.8) is 0 Å². The van der Waals surface area contributed by atoms with Crippen LogP contribution in [0.15, 0.2) is 53.5 Å². The lowest BCUT2D eigenvalue weighted by molar-refractivity contribution is 0.0355. The summed E-state index contributed by atoms with van der Waals surface area (Å²) in [6, 6.07) is 16.7. The molecule has 2 aromatic carbocycles. The highest BCUT2D eigenvalue weighted by Gasteiger charge is 2.34. The third-order valence-electron chi connectivity index (χ3n) is 6.10. The molecule has 2 aliphatic rings. The monoisotopic (exact) mass is 566 g/mol. The molecule has 180 valence electrons. The Morgan fingerprint density at radius 1 is 1.00 bits per heavy atom. The maximum absolute atomic E-state index is 5.81. The molecule has 0 spiro atoms. The van der Waals surface area contributed by atoms with Gasteiger partial charge in [0.05, 0.1) is 13.2 Å². The minimum absolute atomic E-state index is 0. The molecule has 2 aromatic rings. The van der Waals surface area contributed by atoms with E-state index in [0.29, 0.717) is 13.2 Å². The Kier molecular flexibility index (Phi) is 9.64. The standard InChI is InChI=1S/C25H34N4O3.HI/c1-19(20-7-4-3-5-8-20)29-25(11-15-30-16-12-25)18-27-24(26-2)28-21-9-10-22-23(17-21)32-14-6-13-31-22;/h3-5,7-10,17,19,29H,6,11-16,18H2,1-2H3,(H2,26,27,28);1H. The van der Waals surface area contributed by atoms with Crippen LogP contribution < -0.4 is 25.4 Å². The van der Waals surface area contributed by atoms with Crippen LogP contribution in [0, 0.1) is 0 Å². The molecule has 1 saturated heterocycles. The van der Waals surface area contributed by atoms with Crippen molar-refractivity contribution in [1.29, 1.82) is 0 Å². The van der Waals surface area contributed by atoms with E-state index < -0.39 is 0 Å². The molecule has 1 atom stereocenters. The molecule has 4 rings (SSSR count). The van der Waals surface area contributed by atoms with E-state index in [1.807, 2.05) is 18.2 Å². The number of anilines is 1. The molecular weight excluding hydrogens is 531 g/mol. The molecule has 0 amide bonds. The van der Waals surface area contributed by atoms with Gasteiger partial charge in [0.2, 0.25) is 0 Å². The van der Waals surface area contributed by atoms with E-state index in [9.17, 15) is 0 Å². The Morgan fingerprint density at radius 3 is 2.45 bits per heavy atom. The van der Waals surface area contributed by atoms with Gasteiger partial charge in [-0.3, -0.25) is 4.99 Å². The normalized spacial score (nSPS) is 18.4. The first kappa shape index (κ1) is 25.6. The number of ether oxygens (including phenoxy) is 3. The van der Waals surface area contributed by atoms with Crippen molar-refractivity contribution >= 4 is 35.6 Å². The Morgan fingerprint density at radius 2 is 1.73 bits per heavy atom. The molecule has 7 nitrogen and oxygen atoms in total. The number of benzene rings is 2. The molecule has 0 aliphatic carbocycles. The zero-order valence-electron chi connectivity index (χ0n) is 19.4. The molecule has 1 unspecified atom stereocenters. The molecule has 0 aromatic heterocycles. The zero-order chi connectivity index (χ0) is 22.2. The zero-order valence-corrected chi connectivity index (χ0v) is 21.8. The largest absolute Gasteiger partial charge is 0.490 e. The van der Waals surface area contributed by atoms with Gasteiger partial charge in [-0.2, -0.15) is 0 Å². The second-order valence-corrected chi connectivity index (χ2v) is 8.43. The minimum atomic E-state index is -0.0736. The molecule has 0 bridgehead atoms. The number of hydrogen-bond acceptors (Lipinski definition) is 5. The van der Waals surface area contributed by atoms with Crippen LogP contribution in [0.2, 0.25) is 0 Å². The Labute approximate surface area is 213 Å². The summed E-state index contributed by atoms with van der Waals surface area (Å²) in [6.45, 7) is 5.83. The van der Waals surface area contributed by atoms with Gasteiger partial charge in [-0.1, -0.05) is 30.3 Å². The number of nitrogens with zero attached hydrogens (tertiary/aromatic N) is 1. The predicted octanol–water partition coefficient (Wildman–Crippen LogP) is 4.35. The summed E-state index contributed by atoms with van der Waals surface area (Å²) >= 11 is 0. The Hall–Kier alpha value is -2.04. The van der Waals surface area contributed by atoms with Gasteiger partial charge in [-0.15, -0.1) is 24.0 Å². The maximum atomic E-state index is 5.81. The van der Waals surface area contributed by atoms with Crippen molar-refractivity contribution in [3.8, 4) is 11.5 Å². The predicted molar refractivity (Wildman–Crippen MR) is 143 cm³/mol. The summed E-state index contributed by atoms with van der Waals surface area (Å²) in [6.07, 6.45) is 2.78. The minimum Gasteiger partial charge on any atom is -0.490 e. The van der Waals surface area contributed by atoms with Gasteiger partial charge in [-0.05, 0) is 37.5 Å². The number of guanidine groups is 1. The highest BCUT2D eigenvalue weighted by atomic mass is 127. The van der Waals surface area contributed by atoms with Gasteiger partial charge >= 0.3 is 0 Å². The van der Waals surface area contributed by atoms with Crippen molar-refractivity contribution in [3.05, 3.63) is 54.1 Å². The fourth-order valence-corrected chi connectivity index (χ4v) is 4.23. The Bertz CT molecular complexity index is 904. The lowest BCUT2D eigenvalue weighted by Gasteiger charge is -2.41. The van der Waals surface area contributed by atoms with Crippen LogP contribution in [0.4, 0.5) is 5.69 Å². The molecule has 1 fully saturated rings. The summed E-state index contributed by atoms with van der Waals surface area (Å²) < 4.78 is 17.2. The van der Waals surface area contributed by atoms with Gasteiger partial charge < -0.3 is 30.2 Å². The summed E-state index contributed by atoms with van der Waals surface area (Å²) in [5.41, 5.74) is 2.12. The van der Waals surface area contributed by atoms with E-state index in [-0.39, 0.29) is 35.6 Å². The quantitative estimate of drug-likeness (QED) is 0.274. The number of nitrogens with one attached hydrogen (secondary N) is 3. The summed E-state index contributed by atoms with van der Waals surface area (Å²) in [4.78, 5) is 4.43. The van der Waals surface area contributed by atoms with Crippen molar-refractivity contribution in [1.82, 2.24) is 10.6 Å². The number of rotatable bonds is 6. The molecule has 0 saturated carbocycles. The van der Waals surface area contributed by atoms with Crippen LogP contribution in [0.5, 0.6) is 11.5 Å². The first-order valence-corrected chi connectivity index (χ1v) is 11.5. The second kappa shape index (κ2) is 12.4. The van der Waals surface area contributed by atoms with Gasteiger partial charge in [0.25, 0.3) is 0 Å². The summed E-state index contributed by atoms with van der Waals surface area (Å²) in [7, 11) is 1.79. The lowest BCUT2D eigenvalue weighted by Crippen LogP contribution is -2.57. The van der Waals surface area contributed by atoms with Gasteiger partial charge in [0.15, 0.2) is 17.5 Å². The smallest absolute Gasteiger partial charge is 0.195 e. The van der Waals surface area contributed by atoms with Gasteiger partial charge in [0, 0.05) is 56.6 Å². The Balaban J connectivity index is 0.00000306. The summed E-state index contributed by atoms with van der Waals surface area (Å²) in [5, 5.41) is 10.8. The van der Waals surface area contributed by atoms with Crippen LogP contribution >= 0.6 is 24.0 Å². The molecule has 8 heteroatoms. The summed E-state index contributed by atoms with van der Waals surface area (Å²) in [5.74, 6) is 2.28. The SMILES string of the molecule is CN=C(NCC1(NC(C)c2ccccc2)CCOCC1)Nc1ccc2c(c1)OCCCO2.I. The third kappa shape index (κ3) is 6.97. The van der Waals surface area contributed by atoms with Crippen molar-refractivity contribution < 1.29 is 14.2 Å². The lowest BCUT2D eigenvalue weighted by atomic mass is 9.88. The van der Waals surface area contributed by atoms with Crippen molar-refractivity contribution in [2.45, 2.75) is 37.8 Å². The van der Waals surface area contributed by atoms with E-state index >= 15 is 0 Å². The first-order valence-electron chi connectivity index (χ1n) is 11.5. The average Bonchev–Trinajstić information content (AvgIpc) is 3.08. The van der Waals surface area contributed by atoms with Crippen molar-refractivity contribution in [2.75, 3.05) is 45.3 Å². The molecule has 0 radical (unpaired) electrons. The maximum Gasteiger partial charge on any atom is 0.195 e. The number of halogens is 1. The third-order valence-corrected chi connectivity index (χ3v) is 6.10. The fourth-order valence-electron chi connectivity index (χ4n) is 4.23. The molecule has 2 aliphatic heterocycles. The topological polar surface area (TPSA) is 76.1 Å². The molecule has 3 N–H and O–H groups in total. The van der Waals surface area contributed by atoms with Crippen molar-refractivity contribution in [2.24, 2.45) is 4.99 Å². The molecule has 2 heterocycles. The van der Waals surface area contributed by atoms with E-state index in [2.05, 4.69) is 58.2 Å². The van der Waals surface area contributed by atoms with E-state index in [4.69, 9.17) is 14.2 Å². The van der Waals surface area contributed by atoms with Crippen LogP contribution in [-0.4, -0.2) is 51.5 Å². The number of hydrogen-bond donors (Lipinski definition) is 3. The second-order valence-electron chi connectivity index (χ2n) is 8.43. The van der Waals surface area contributed by atoms with Crippen LogP contribution in [0.3, 0.4) is 0 Å².